The molecule has 0 radical (unpaired) electrons. The molecule has 0 spiro atoms. The van der Waals surface area contributed by atoms with Gasteiger partial charge >= 0.3 is 0 Å². The van der Waals surface area contributed by atoms with Gasteiger partial charge in [0.15, 0.2) is 0 Å². The van der Waals surface area contributed by atoms with Crippen molar-refractivity contribution in [2.45, 2.75) is 70.9 Å². The highest BCUT2D eigenvalue weighted by Gasteiger charge is 2.24. The van der Waals surface area contributed by atoms with E-state index in [-0.39, 0.29) is 0 Å². The summed E-state index contributed by atoms with van der Waals surface area (Å²) in [6, 6.07) is 13.0. The average Bonchev–Trinajstić information content (AvgIpc) is 3.25. The van der Waals surface area contributed by atoms with E-state index < -0.39 is 0 Å². The lowest BCUT2D eigenvalue weighted by Crippen LogP contribution is -2.32. The molecule has 1 saturated carbocycles. The Morgan fingerprint density at radius 1 is 1.00 bits per heavy atom. The molecule has 0 bridgehead atoms. The number of fused-ring (bicyclic) bond motifs is 1. The number of aryl methyl sites for hydroxylation is 2. The van der Waals surface area contributed by atoms with Gasteiger partial charge in [0, 0.05) is 43.4 Å². The predicted octanol–water partition coefficient (Wildman–Crippen LogP) is 5.75. The number of rotatable bonds is 8. The van der Waals surface area contributed by atoms with Gasteiger partial charge in [-0.2, -0.15) is 4.98 Å². The molecule has 2 aliphatic rings. The summed E-state index contributed by atoms with van der Waals surface area (Å²) in [6.07, 6.45) is 9.48. The van der Waals surface area contributed by atoms with E-state index in [0.29, 0.717) is 6.04 Å². The molecule has 35 heavy (non-hydrogen) atoms. The molecule has 3 aromatic rings. The quantitative estimate of drug-likeness (QED) is 0.434. The van der Waals surface area contributed by atoms with Crippen LogP contribution in [-0.4, -0.2) is 36.6 Å². The topological polar surface area (TPSA) is 66.2 Å². The monoisotopic (exact) mass is 473 g/mol. The first kappa shape index (κ1) is 23.9. The Morgan fingerprint density at radius 3 is 2.54 bits per heavy atom. The summed E-state index contributed by atoms with van der Waals surface area (Å²) in [7, 11) is 4.18. The number of hydrogen-bond donors (Lipinski definition) is 2. The molecule has 0 unspecified atom stereocenters. The second kappa shape index (κ2) is 10.8. The molecule has 6 nitrogen and oxygen atoms in total. The fourth-order valence-electron chi connectivity index (χ4n) is 5.55. The predicted molar refractivity (Wildman–Crippen MR) is 143 cm³/mol. The third kappa shape index (κ3) is 5.69. The highest BCUT2D eigenvalue weighted by atomic mass is 16.3. The summed E-state index contributed by atoms with van der Waals surface area (Å²) < 4.78 is 6.01. The molecule has 2 N–H and O–H groups in total. The number of benzene rings is 1. The first-order valence-electron chi connectivity index (χ1n) is 13.3. The number of nitrogens with zero attached hydrogens (tertiary/aromatic N) is 3. The third-order valence-corrected chi connectivity index (χ3v) is 7.59. The van der Waals surface area contributed by atoms with E-state index in [1.807, 2.05) is 6.07 Å². The lowest BCUT2D eigenvalue weighted by Gasteiger charge is -2.30. The van der Waals surface area contributed by atoms with Crippen molar-refractivity contribution < 1.29 is 4.42 Å². The van der Waals surface area contributed by atoms with Gasteiger partial charge in [-0.25, -0.2) is 4.98 Å². The van der Waals surface area contributed by atoms with Crippen LogP contribution in [0.5, 0.6) is 0 Å². The van der Waals surface area contributed by atoms with Gasteiger partial charge in [-0.15, -0.1) is 0 Å². The number of hydrogen-bond acceptors (Lipinski definition) is 6. The summed E-state index contributed by atoms with van der Waals surface area (Å²) in [5, 5.41) is 7.36. The Labute approximate surface area is 209 Å². The summed E-state index contributed by atoms with van der Waals surface area (Å²) in [6.45, 7) is 3.97. The molecule has 0 amide bonds. The van der Waals surface area contributed by atoms with E-state index in [0.717, 1.165) is 60.7 Å². The van der Waals surface area contributed by atoms with Crippen LogP contribution in [0.25, 0.3) is 11.3 Å². The highest BCUT2D eigenvalue weighted by molar-refractivity contribution is 5.58. The van der Waals surface area contributed by atoms with Crippen molar-refractivity contribution in [1.29, 1.82) is 0 Å². The van der Waals surface area contributed by atoms with Crippen molar-refractivity contribution in [2.75, 3.05) is 30.9 Å². The molecule has 6 heteroatoms. The van der Waals surface area contributed by atoms with Crippen LogP contribution < -0.4 is 15.5 Å². The van der Waals surface area contributed by atoms with Crippen LogP contribution in [0.3, 0.4) is 0 Å². The SMILES string of the molecule is Cc1oc(-c2ccccc2)cc1CNCC1CCC(Nc2nc3c(c(N(C)C)n2)CCCC3)CC1. The van der Waals surface area contributed by atoms with Crippen molar-refractivity contribution in [3.05, 3.63) is 59.0 Å². The zero-order valence-corrected chi connectivity index (χ0v) is 21.4. The van der Waals surface area contributed by atoms with Crippen LogP contribution in [0.1, 0.15) is 61.1 Å². The van der Waals surface area contributed by atoms with E-state index in [1.165, 1.54) is 55.3 Å². The van der Waals surface area contributed by atoms with E-state index in [9.17, 15) is 0 Å². The minimum absolute atomic E-state index is 0.465. The third-order valence-electron chi connectivity index (χ3n) is 7.59. The molecule has 2 aromatic heterocycles. The summed E-state index contributed by atoms with van der Waals surface area (Å²) in [5.74, 6) is 4.59. The molecular weight excluding hydrogens is 434 g/mol. The molecule has 1 aromatic carbocycles. The van der Waals surface area contributed by atoms with Crippen LogP contribution in [0.15, 0.2) is 40.8 Å². The number of anilines is 2. The minimum atomic E-state index is 0.465. The summed E-state index contributed by atoms with van der Waals surface area (Å²) in [4.78, 5) is 12.0. The molecule has 2 aliphatic carbocycles. The maximum atomic E-state index is 6.01. The second-order valence-electron chi connectivity index (χ2n) is 10.4. The molecule has 0 saturated heterocycles. The van der Waals surface area contributed by atoms with Crippen LogP contribution in [0.4, 0.5) is 11.8 Å². The number of furan rings is 1. The number of aromatic nitrogens is 2. The van der Waals surface area contributed by atoms with Crippen molar-refractivity contribution in [1.82, 2.24) is 15.3 Å². The van der Waals surface area contributed by atoms with E-state index >= 15 is 0 Å². The lowest BCUT2D eigenvalue weighted by atomic mass is 9.86. The Morgan fingerprint density at radius 2 is 1.77 bits per heavy atom. The van der Waals surface area contributed by atoms with Crippen molar-refractivity contribution in [3.63, 3.8) is 0 Å². The molecule has 0 aliphatic heterocycles. The van der Waals surface area contributed by atoms with Crippen LogP contribution in [0.2, 0.25) is 0 Å². The van der Waals surface area contributed by atoms with Gasteiger partial charge < -0.3 is 20.0 Å². The van der Waals surface area contributed by atoms with Crippen LogP contribution >= 0.6 is 0 Å². The zero-order valence-electron chi connectivity index (χ0n) is 21.4. The highest BCUT2D eigenvalue weighted by Crippen LogP contribution is 2.30. The van der Waals surface area contributed by atoms with E-state index in [2.05, 4.69) is 66.9 Å². The Kier molecular flexibility index (Phi) is 7.37. The first-order valence-corrected chi connectivity index (χ1v) is 13.3. The normalized spacial score (nSPS) is 19.9. The van der Waals surface area contributed by atoms with Crippen LogP contribution in [0, 0.1) is 12.8 Å². The van der Waals surface area contributed by atoms with Gasteiger partial charge in [0.05, 0.1) is 5.69 Å². The smallest absolute Gasteiger partial charge is 0.225 e. The van der Waals surface area contributed by atoms with Gasteiger partial charge in [-0.1, -0.05) is 30.3 Å². The summed E-state index contributed by atoms with van der Waals surface area (Å²) >= 11 is 0. The van der Waals surface area contributed by atoms with E-state index in [1.54, 1.807) is 0 Å². The fourth-order valence-corrected chi connectivity index (χ4v) is 5.55. The Bertz CT molecular complexity index is 1120. The van der Waals surface area contributed by atoms with Gasteiger partial charge in [0.2, 0.25) is 5.95 Å². The molecular formula is C29H39N5O. The average molecular weight is 474 g/mol. The van der Waals surface area contributed by atoms with Gasteiger partial charge in [-0.05, 0) is 76.8 Å². The molecule has 5 rings (SSSR count). The Balaban J connectivity index is 1.10. The van der Waals surface area contributed by atoms with Gasteiger partial charge in [0.1, 0.15) is 17.3 Å². The molecule has 1 fully saturated rings. The Hall–Kier alpha value is -2.86. The maximum absolute atomic E-state index is 6.01. The summed E-state index contributed by atoms with van der Waals surface area (Å²) in [5.41, 5.74) is 4.99. The standard InChI is InChI=1S/C29H39N5O/c1-20-23(17-27(35-20)22-9-5-4-6-10-22)19-30-18-21-13-15-24(16-14-21)31-29-32-26-12-8-7-11-25(26)28(33-29)34(2)3/h4-6,9-10,17,21,24,30H,7-8,11-16,18-19H2,1-3H3,(H,31,32,33). The zero-order chi connectivity index (χ0) is 24.2. The molecule has 186 valence electrons. The van der Waals surface area contributed by atoms with Gasteiger partial charge in [0.25, 0.3) is 0 Å². The van der Waals surface area contributed by atoms with Crippen LogP contribution in [-0.2, 0) is 19.4 Å². The first-order chi connectivity index (χ1) is 17.1. The van der Waals surface area contributed by atoms with Gasteiger partial charge in [-0.3, -0.25) is 0 Å². The minimum Gasteiger partial charge on any atom is -0.461 e. The molecule has 0 atom stereocenters. The second-order valence-corrected chi connectivity index (χ2v) is 10.4. The maximum Gasteiger partial charge on any atom is 0.225 e. The number of nitrogens with one attached hydrogen (secondary N) is 2. The largest absolute Gasteiger partial charge is 0.461 e. The van der Waals surface area contributed by atoms with Crippen molar-refractivity contribution in [3.8, 4) is 11.3 Å². The molecule has 2 heterocycles. The van der Waals surface area contributed by atoms with Crippen molar-refractivity contribution >= 4 is 11.8 Å². The van der Waals surface area contributed by atoms with E-state index in [4.69, 9.17) is 14.4 Å². The lowest BCUT2D eigenvalue weighted by molar-refractivity contribution is 0.323. The van der Waals surface area contributed by atoms with Crippen molar-refractivity contribution in [2.24, 2.45) is 5.92 Å². The fraction of sp³-hybridized carbons (Fsp3) is 0.517.